The van der Waals surface area contributed by atoms with Crippen LogP contribution < -0.4 is 0 Å². The molecule has 0 amide bonds. The molecule has 1 atom stereocenters. The molecule has 0 fully saturated rings. The van der Waals surface area contributed by atoms with Crippen molar-refractivity contribution in [3.05, 3.63) is 46.6 Å². The normalized spacial score (nSPS) is 17.6. The Morgan fingerprint density at radius 3 is 1.80 bits per heavy atom. The van der Waals surface area contributed by atoms with E-state index in [2.05, 4.69) is 84.7 Å². The molecule has 1 radical (unpaired) electrons. The van der Waals surface area contributed by atoms with E-state index < -0.39 is 8.07 Å². The fourth-order valence-corrected chi connectivity index (χ4v) is 3.69. The first kappa shape index (κ1) is 33.4. The van der Waals surface area contributed by atoms with Gasteiger partial charge < -0.3 is 0 Å². The van der Waals surface area contributed by atoms with Crippen molar-refractivity contribution in [2.45, 2.75) is 72.9 Å². The first-order chi connectivity index (χ1) is 10.1. The van der Waals surface area contributed by atoms with E-state index >= 15 is 0 Å². The van der Waals surface area contributed by atoms with Crippen LogP contribution in [0.3, 0.4) is 0 Å². The van der Waals surface area contributed by atoms with Gasteiger partial charge in [-0.15, -0.1) is 38.2 Å². The van der Waals surface area contributed by atoms with Gasteiger partial charge >= 0.3 is 0 Å². The zero-order valence-electron chi connectivity index (χ0n) is 17.5. The fourth-order valence-electron chi connectivity index (χ4n) is 2.30. The Morgan fingerprint density at radius 1 is 1.12 bits per heavy atom. The minimum Gasteiger partial charge on any atom is -0.270 e. The van der Waals surface area contributed by atoms with Gasteiger partial charge in [0.15, 0.2) is 0 Å². The maximum atomic E-state index is 3.36. The summed E-state index contributed by atoms with van der Waals surface area (Å²) in [5.74, 6) is 0.560. The van der Waals surface area contributed by atoms with E-state index in [-0.39, 0.29) is 50.7 Å². The van der Waals surface area contributed by atoms with Crippen LogP contribution in [0, 0.1) is 18.1 Å². The summed E-state index contributed by atoms with van der Waals surface area (Å²) >= 11 is 0. The summed E-state index contributed by atoms with van der Waals surface area (Å²) in [7, 11) is -0.123. The molecule has 25 heavy (non-hydrogen) atoms. The van der Waals surface area contributed by atoms with Crippen molar-refractivity contribution in [2.75, 3.05) is 0 Å². The zero-order valence-corrected chi connectivity index (χ0v) is 24.9. The topological polar surface area (TPSA) is 0 Å². The average Bonchev–Trinajstić information content (AvgIpc) is 2.95. The van der Waals surface area contributed by atoms with Crippen molar-refractivity contribution in [2.24, 2.45) is 5.92 Å². The molecule has 0 aromatic carbocycles. The van der Waals surface area contributed by atoms with Gasteiger partial charge in [0.1, 0.15) is 0 Å². The summed E-state index contributed by atoms with van der Waals surface area (Å²) in [5, 5.41) is 0. The number of halogens is 2. The molecule has 0 nitrogen and oxygen atoms in total. The van der Waals surface area contributed by atoms with Gasteiger partial charge in [0, 0.05) is 43.4 Å². The zero-order chi connectivity index (χ0) is 17.3. The van der Waals surface area contributed by atoms with Crippen molar-refractivity contribution in [3.63, 3.8) is 0 Å². The molecule has 0 aromatic rings. The molecule has 0 N–H and O–H groups in total. The van der Waals surface area contributed by atoms with E-state index in [0.717, 1.165) is 15.9 Å². The first-order valence-corrected chi connectivity index (χ1v) is 14.4. The predicted molar refractivity (Wildman–Crippen MR) is 122 cm³/mol. The van der Waals surface area contributed by atoms with Crippen LogP contribution in [0.2, 0.25) is 38.8 Å². The van der Waals surface area contributed by atoms with Crippen LogP contribution in [0.4, 0.5) is 0 Å². The monoisotopic (exact) mass is 583 g/mol. The molecular formula is C20H37Cl2HfSi2-2. The minimum atomic E-state index is -0.873. The SMILES string of the molecule is CC1=[C-]C(C)C(C)=C1C.C[SiH]C.C[Si](C)(C)CC1=[C-]CC=C1.Cl.Cl.[Hf]. The number of hydrogen-bond donors (Lipinski definition) is 0. The second kappa shape index (κ2) is 17.0. The van der Waals surface area contributed by atoms with Gasteiger partial charge in [-0.3, -0.25) is 12.2 Å². The van der Waals surface area contributed by atoms with Crippen molar-refractivity contribution < 1.29 is 25.8 Å². The molecular weight excluding hydrogens is 546 g/mol. The molecule has 0 saturated heterocycles. The number of hydrogen-bond acceptors (Lipinski definition) is 0. The second-order valence-electron chi connectivity index (χ2n) is 7.42. The van der Waals surface area contributed by atoms with Crippen LogP contribution in [-0.2, 0) is 25.8 Å². The Kier molecular flexibility index (Phi) is 22.7. The summed E-state index contributed by atoms with van der Waals surface area (Å²) in [5.41, 5.74) is 5.69. The van der Waals surface area contributed by atoms with Crippen LogP contribution in [0.5, 0.6) is 0 Å². The first-order valence-electron chi connectivity index (χ1n) is 8.40. The van der Waals surface area contributed by atoms with Gasteiger partial charge in [0.2, 0.25) is 0 Å². The third-order valence-corrected chi connectivity index (χ3v) is 5.16. The van der Waals surface area contributed by atoms with Gasteiger partial charge in [-0.25, -0.2) is 17.2 Å². The number of rotatable bonds is 2. The van der Waals surface area contributed by atoms with Gasteiger partial charge in [-0.1, -0.05) is 65.5 Å². The van der Waals surface area contributed by atoms with Crippen LogP contribution >= 0.6 is 24.8 Å². The van der Waals surface area contributed by atoms with E-state index in [9.17, 15) is 0 Å². The quantitative estimate of drug-likeness (QED) is 0.241. The van der Waals surface area contributed by atoms with E-state index in [1.54, 1.807) is 0 Å². The minimum absolute atomic E-state index is 0. The van der Waals surface area contributed by atoms with Crippen molar-refractivity contribution in [1.29, 1.82) is 0 Å². The average molecular weight is 583 g/mol. The van der Waals surface area contributed by atoms with Crippen molar-refractivity contribution in [1.82, 2.24) is 0 Å². The fraction of sp³-hybridized carbons (Fsp3) is 0.600. The van der Waals surface area contributed by atoms with Gasteiger partial charge in [0.05, 0.1) is 0 Å². The second-order valence-corrected chi connectivity index (χ2v) is 14.1. The van der Waals surface area contributed by atoms with Crippen LogP contribution in [0.15, 0.2) is 34.4 Å². The van der Waals surface area contributed by atoms with E-state index in [0.29, 0.717) is 5.92 Å². The van der Waals surface area contributed by atoms with Gasteiger partial charge in [-0.05, 0) is 0 Å². The van der Waals surface area contributed by atoms with Crippen molar-refractivity contribution in [3.8, 4) is 0 Å². The Morgan fingerprint density at radius 2 is 1.60 bits per heavy atom. The summed E-state index contributed by atoms with van der Waals surface area (Å²) in [6.45, 7) is 20.3. The number of allylic oxidation sites excluding steroid dienone is 8. The molecule has 1 unspecified atom stereocenters. The molecule has 0 bridgehead atoms. The molecule has 2 aliphatic carbocycles. The summed E-state index contributed by atoms with van der Waals surface area (Å²) in [6.07, 6.45) is 12.2. The third-order valence-electron chi connectivity index (χ3n) is 3.72. The maximum Gasteiger partial charge on any atom is 0.0456 e. The maximum absolute atomic E-state index is 3.36. The molecule has 2 rings (SSSR count). The summed E-state index contributed by atoms with van der Waals surface area (Å²) in [4.78, 5) is 0. The molecule has 0 heterocycles. The van der Waals surface area contributed by atoms with E-state index in [1.807, 2.05) is 0 Å². The molecule has 0 spiro atoms. The molecule has 0 aromatic heterocycles. The molecule has 145 valence electrons. The molecule has 5 heteroatoms. The molecule has 0 aliphatic heterocycles. The smallest absolute Gasteiger partial charge is 0.0456 e. The Labute approximate surface area is 192 Å². The Hall–Kier alpha value is 0.844. The largest absolute Gasteiger partial charge is 0.270 e. The Bertz CT molecular complexity index is 473. The van der Waals surface area contributed by atoms with Crippen molar-refractivity contribution >= 4 is 42.4 Å². The van der Waals surface area contributed by atoms with Crippen LogP contribution in [0.25, 0.3) is 0 Å². The van der Waals surface area contributed by atoms with Crippen LogP contribution in [0.1, 0.15) is 34.1 Å². The third kappa shape index (κ3) is 15.6. The van der Waals surface area contributed by atoms with E-state index in [4.69, 9.17) is 0 Å². The molecule has 2 aliphatic rings. The molecule has 0 saturated carbocycles. The van der Waals surface area contributed by atoms with Gasteiger partial charge in [-0.2, -0.15) is 17.2 Å². The van der Waals surface area contributed by atoms with Crippen LogP contribution in [-0.4, -0.2) is 17.6 Å². The standard InChI is InChI=1S/C9H15Si.C9H13.C2H7Si.2ClH.Hf/c1-10(2,3)8-9-6-4-5-7-9;1-6-5-7(2)9(4)8(6)3;1-3-2;;;/h4,6H,5,8H2,1-3H3;6H,1-4H3;3H,1-2H3;2*1H;/q2*-1;;;;. The van der Waals surface area contributed by atoms with E-state index in [1.165, 1.54) is 28.3 Å². The Balaban J connectivity index is -0.000000139. The van der Waals surface area contributed by atoms with Gasteiger partial charge in [0.25, 0.3) is 0 Å². The summed E-state index contributed by atoms with van der Waals surface area (Å²) in [6, 6.07) is 1.30. The summed E-state index contributed by atoms with van der Waals surface area (Å²) < 4.78 is 0. The predicted octanol–water partition coefficient (Wildman–Crippen LogP) is 7.10.